The lowest BCUT2D eigenvalue weighted by atomic mass is 9.60. The monoisotopic (exact) mass is 490 g/mol. The van der Waals surface area contributed by atoms with Gasteiger partial charge in [-0.2, -0.15) is 0 Å². The topological polar surface area (TPSA) is 176 Å². The fourth-order valence-corrected chi connectivity index (χ4v) is 5.51. The maximum atomic E-state index is 13.2. The van der Waals surface area contributed by atoms with Gasteiger partial charge in [0, 0.05) is 12.3 Å². The Kier molecular flexibility index (Phi) is 8.10. The van der Waals surface area contributed by atoms with Crippen molar-refractivity contribution < 1.29 is 39.2 Å². The molecule has 35 heavy (non-hydrogen) atoms. The Morgan fingerprint density at radius 1 is 1.31 bits per heavy atom. The second kappa shape index (κ2) is 10.5. The average molecular weight is 491 g/mol. The lowest BCUT2D eigenvalue weighted by Crippen LogP contribution is -2.71. The highest BCUT2D eigenvalue weighted by Crippen LogP contribution is 2.46. The molecule has 192 valence electrons. The molecule has 10 heteroatoms. The summed E-state index contributed by atoms with van der Waals surface area (Å²) in [5.41, 5.74) is 3.71. The van der Waals surface area contributed by atoms with Gasteiger partial charge in [-0.05, 0) is 36.9 Å². The SMILES string of the molecule is CCCCOc1cccc2c1C(=O)C[C@H]([C@H](O)[C@H]1[C@H](NC)C(=O)C(C(N)=O)C(=O)[C@@]1(O)CO)[C@H]2C. The van der Waals surface area contributed by atoms with Crippen LogP contribution in [-0.4, -0.2) is 76.6 Å². The largest absolute Gasteiger partial charge is 0.493 e. The molecule has 1 unspecified atom stereocenters. The lowest BCUT2D eigenvalue weighted by molar-refractivity contribution is -0.181. The van der Waals surface area contributed by atoms with E-state index in [-0.39, 0.29) is 12.2 Å². The number of ketones is 3. The fraction of sp³-hybridized carbons (Fsp3) is 0.600. The van der Waals surface area contributed by atoms with Crippen LogP contribution in [0.3, 0.4) is 0 Å². The maximum absolute atomic E-state index is 13.2. The molecule has 0 aliphatic heterocycles. The highest BCUT2D eigenvalue weighted by atomic mass is 16.5. The van der Waals surface area contributed by atoms with Crippen LogP contribution in [0.1, 0.15) is 54.9 Å². The van der Waals surface area contributed by atoms with Gasteiger partial charge in [0.25, 0.3) is 0 Å². The van der Waals surface area contributed by atoms with E-state index in [1.54, 1.807) is 25.1 Å². The van der Waals surface area contributed by atoms with Crippen molar-refractivity contribution in [3.05, 3.63) is 29.3 Å². The van der Waals surface area contributed by atoms with E-state index in [1.165, 1.54) is 7.05 Å². The first-order chi connectivity index (χ1) is 16.5. The van der Waals surface area contributed by atoms with E-state index in [4.69, 9.17) is 10.5 Å². The first-order valence-corrected chi connectivity index (χ1v) is 11.9. The molecule has 1 aromatic rings. The summed E-state index contributed by atoms with van der Waals surface area (Å²) in [4.78, 5) is 50.9. The molecule has 7 atom stereocenters. The highest BCUT2D eigenvalue weighted by molar-refractivity contribution is 6.24. The van der Waals surface area contributed by atoms with E-state index in [1.807, 2.05) is 6.92 Å². The van der Waals surface area contributed by atoms with Gasteiger partial charge in [-0.25, -0.2) is 0 Å². The number of carbonyl (C=O) groups is 4. The maximum Gasteiger partial charge on any atom is 0.235 e. The zero-order valence-corrected chi connectivity index (χ0v) is 20.2. The average Bonchev–Trinajstić information content (AvgIpc) is 2.83. The van der Waals surface area contributed by atoms with Crippen molar-refractivity contribution in [1.29, 1.82) is 0 Å². The van der Waals surface area contributed by atoms with Gasteiger partial charge < -0.3 is 31.1 Å². The van der Waals surface area contributed by atoms with Crippen molar-refractivity contribution in [2.45, 2.75) is 56.8 Å². The molecule has 1 amide bonds. The van der Waals surface area contributed by atoms with E-state index in [2.05, 4.69) is 5.32 Å². The Bertz CT molecular complexity index is 1010. The van der Waals surface area contributed by atoms with Crippen molar-refractivity contribution in [2.75, 3.05) is 20.3 Å². The number of carbonyl (C=O) groups excluding carboxylic acids is 4. The van der Waals surface area contributed by atoms with Gasteiger partial charge in [-0.3, -0.25) is 19.2 Å². The van der Waals surface area contributed by atoms with E-state index >= 15 is 0 Å². The normalized spacial score (nSPS) is 31.7. The summed E-state index contributed by atoms with van der Waals surface area (Å²) < 4.78 is 5.82. The molecule has 1 aromatic carbocycles. The molecule has 0 heterocycles. The molecule has 3 rings (SSSR count). The van der Waals surface area contributed by atoms with Gasteiger partial charge in [-0.15, -0.1) is 0 Å². The predicted octanol–water partition coefficient (Wildman–Crippen LogP) is -0.287. The zero-order chi connectivity index (χ0) is 26.1. The number of hydrogen-bond acceptors (Lipinski definition) is 9. The Balaban J connectivity index is 2.01. The van der Waals surface area contributed by atoms with Crippen molar-refractivity contribution in [2.24, 2.45) is 23.5 Å². The van der Waals surface area contributed by atoms with Crippen LogP contribution in [0.15, 0.2) is 18.2 Å². The van der Waals surface area contributed by atoms with Gasteiger partial charge in [0.1, 0.15) is 5.75 Å². The van der Waals surface area contributed by atoms with Crippen molar-refractivity contribution in [3.63, 3.8) is 0 Å². The van der Waals surface area contributed by atoms with Crippen LogP contribution in [-0.2, 0) is 14.4 Å². The molecule has 0 saturated heterocycles. The van der Waals surface area contributed by atoms with Crippen molar-refractivity contribution in [1.82, 2.24) is 5.32 Å². The Morgan fingerprint density at radius 2 is 2.00 bits per heavy atom. The third kappa shape index (κ3) is 4.51. The summed E-state index contributed by atoms with van der Waals surface area (Å²) in [6.45, 7) is 3.16. The van der Waals surface area contributed by atoms with E-state index < -0.39 is 65.5 Å². The van der Waals surface area contributed by atoms with Crippen LogP contribution in [0.4, 0.5) is 0 Å². The van der Waals surface area contributed by atoms with Gasteiger partial charge in [0.2, 0.25) is 5.91 Å². The Morgan fingerprint density at radius 3 is 2.57 bits per heavy atom. The quantitative estimate of drug-likeness (QED) is 0.230. The molecule has 1 saturated carbocycles. The molecule has 0 aromatic heterocycles. The summed E-state index contributed by atoms with van der Waals surface area (Å²) in [5, 5.41) is 35.3. The zero-order valence-electron chi connectivity index (χ0n) is 20.2. The number of nitrogens with two attached hydrogens (primary N) is 1. The third-order valence-corrected chi connectivity index (χ3v) is 7.48. The third-order valence-electron chi connectivity index (χ3n) is 7.48. The van der Waals surface area contributed by atoms with Crippen LogP contribution in [0.5, 0.6) is 5.75 Å². The smallest absolute Gasteiger partial charge is 0.235 e. The van der Waals surface area contributed by atoms with Crippen LogP contribution < -0.4 is 15.8 Å². The van der Waals surface area contributed by atoms with Crippen LogP contribution in [0.2, 0.25) is 0 Å². The van der Waals surface area contributed by atoms with Crippen LogP contribution >= 0.6 is 0 Å². The number of hydrogen-bond donors (Lipinski definition) is 5. The molecule has 0 bridgehead atoms. The summed E-state index contributed by atoms with van der Waals surface area (Å²) in [7, 11) is 1.37. The number of unbranched alkanes of at least 4 members (excludes halogenated alkanes) is 1. The number of aliphatic hydroxyl groups is 3. The van der Waals surface area contributed by atoms with Gasteiger partial charge >= 0.3 is 0 Å². The molecule has 0 radical (unpaired) electrons. The number of likely N-dealkylation sites (N-methyl/N-ethyl adjacent to an activating group) is 1. The number of Topliss-reactive ketones (excluding diaryl/α,β-unsaturated/α-hetero) is 3. The number of fused-ring (bicyclic) bond motifs is 1. The van der Waals surface area contributed by atoms with Gasteiger partial charge in [-0.1, -0.05) is 32.4 Å². The Hall–Kier alpha value is -2.66. The molecular weight excluding hydrogens is 456 g/mol. The number of rotatable bonds is 9. The highest BCUT2D eigenvalue weighted by Gasteiger charge is 2.63. The van der Waals surface area contributed by atoms with Crippen LogP contribution in [0.25, 0.3) is 0 Å². The van der Waals surface area contributed by atoms with Gasteiger partial charge in [0.05, 0.1) is 30.9 Å². The molecule has 0 spiro atoms. The van der Waals surface area contributed by atoms with E-state index in [0.29, 0.717) is 23.5 Å². The summed E-state index contributed by atoms with van der Waals surface area (Å²) in [5.74, 6) is -7.87. The minimum Gasteiger partial charge on any atom is -0.493 e. The summed E-state index contributed by atoms with van der Waals surface area (Å²) in [6, 6.07) is 3.88. The first kappa shape index (κ1) is 26.9. The number of benzene rings is 1. The molecule has 6 N–H and O–H groups in total. The lowest BCUT2D eigenvalue weighted by Gasteiger charge is -2.48. The Labute approximate surface area is 203 Å². The van der Waals surface area contributed by atoms with Crippen molar-refractivity contribution >= 4 is 23.3 Å². The summed E-state index contributed by atoms with van der Waals surface area (Å²) in [6.07, 6.45) is 0.0852. The second-order valence-corrected chi connectivity index (χ2v) is 9.47. The summed E-state index contributed by atoms with van der Waals surface area (Å²) >= 11 is 0. The molecule has 2 aliphatic carbocycles. The standard InChI is InChI=1S/C25H34N2O8/c1-4-5-9-35-16-8-6-7-13-12(2)14(10-15(29)17(13)16)21(30)19-20(27-3)22(31)18(24(26)33)23(32)25(19,34)11-28/h6-8,12,14,18-21,27-28,30,34H,4-5,9-11H2,1-3H3,(H2,26,33)/t12-,14-,18?,19+,20-,21-,25+/m0/s1. The molecular formula is C25H34N2O8. The van der Waals surface area contributed by atoms with E-state index in [9.17, 15) is 34.5 Å². The predicted molar refractivity (Wildman–Crippen MR) is 125 cm³/mol. The molecule has 1 fully saturated rings. The molecule has 2 aliphatic rings. The van der Waals surface area contributed by atoms with Crippen molar-refractivity contribution in [3.8, 4) is 5.75 Å². The van der Waals surface area contributed by atoms with Crippen LogP contribution in [0, 0.1) is 17.8 Å². The number of primary amides is 1. The fourth-order valence-electron chi connectivity index (χ4n) is 5.51. The minimum atomic E-state index is -2.62. The minimum absolute atomic E-state index is 0.125. The molecule has 10 nitrogen and oxygen atoms in total. The number of amides is 1. The van der Waals surface area contributed by atoms with E-state index in [0.717, 1.165) is 12.8 Å². The number of aliphatic hydroxyl groups excluding tert-OH is 2. The first-order valence-electron chi connectivity index (χ1n) is 11.9. The second-order valence-electron chi connectivity index (χ2n) is 9.47. The van der Waals surface area contributed by atoms with Gasteiger partial charge in [0.15, 0.2) is 28.9 Å². The number of nitrogens with one attached hydrogen (secondary N) is 1. The number of ether oxygens (including phenoxy) is 1.